The van der Waals surface area contributed by atoms with Crippen molar-refractivity contribution in [3.63, 3.8) is 0 Å². The molecule has 33 heavy (non-hydrogen) atoms. The standard InChI is InChI=1S/C24H26BrClF3N3O/c1-15(32-14-31-22(33-23(2,3)4)11-21(32)24(27,28)29)20(17-10-18(25)13-30-12-17)9-16-5-7-19(26)8-6-16/h5-8,10-13,15,20H,9,14H2,1-4H3. The Morgan fingerprint density at radius 3 is 2.39 bits per heavy atom. The minimum atomic E-state index is -4.56. The van der Waals surface area contributed by atoms with Gasteiger partial charge in [0.2, 0.25) is 5.90 Å². The lowest BCUT2D eigenvalue weighted by atomic mass is 9.86. The van der Waals surface area contributed by atoms with Crippen molar-refractivity contribution >= 4 is 33.4 Å². The first-order chi connectivity index (χ1) is 15.3. The Balaban J connectivity index is 1.97. The summed E-state index contributed by atoms with van der Waals surface area (Å²) < 4.78 is 48.7. The maximum absolute atomic E-state index is 14.1. The van der Waals surface area contributed by atoms with E-state index in [1.807, 2.05) is 18.2 Å². The summed E-state index contributed by atoms with van der Waals surface area (Å²) in [5, 5.41) is 0.603. The van der Waals surface area contributed by atoms with Gasteiger partial charge in [-0.15, -0.1) is 0 Å². The van der Waals surface area contributed by atoms with Gasteiger partial charge in [0.05, 0.1) is 0 Å². The van der Waals surface area contributed by atoms with Crippen LogP contribution in [0.15, 0.2) is 64.0 Å². The number of benzene rings is 1. The molecule has 3 rings (SSSR count). The number of nitrogens with zero attached hydrogens (tertiary/aromatic N) is 3. The molecule has 0 bridgehead atoms. The lowest BCUT2D eigenvalue weighted by molar-refractivity contribution is -0.116. The first-order valence-corrected chi connectivity index (χ1v) is 11.6. The van der Waals surface area contributed by atoms with Crippen molar-refractivity contribution in [1.29, 1.82) is 0 Å². The van der Waals surface area contributed by atoms with Gasteiger partial charge < -0.3 is 9.64 Å². The summed E-state index contributed by atoms with van der Waals surface area (Å²) in [5.74, 6) is -0.307. The van der Waals surface area contributed by atoms with Crippen LogP contribution in [-0.4, -0.2) is 40.3 Å². The summed E-state index contributed by atoms with van der Waals surface area (Å²) in [5.41, 5.74) is 0.368. The maximum atomic E-state index is 14.1. The second kappa shape index (κ2) is 10.1. The molecule has 0 spiro atoms. The Labute approximate surface area is 205 Å². The van der Waals surface area contributed by atoms with Gasteiger partial charge in [0.25, 0.3) is 0 Å². The third kappa shape index (κ3) is 6.96. The Morgan fingerprint density at radius 2 is 1.82 bits per heavy atom. The molecule has 1 aliphatic heterocycles. The van der Waals surface area contributed by atoms with Crippen LogP contribution in [-0.2, 0) is 11.2 Å². The Morgan fingerprint density at radius 1 is 1.15 bits per heavy atom. The molecular weight excluding hydrogens is 519 g/mol. The lowest BCUT2D eigenvalue weighted by Crippen LogP contribution is -2.44. The molecule has 4 nitrogen and oxygen atoms in total. The summed E-state index contributed by atoms with van der Waals surface area (Å²) in [4.78, 5) is 9.82. The van der Waals surface area contributed by atoms with Gasteiger partial charge in [0.1, 0.15) is 18.0 Å². The Kier molecular flexibility index (Phi) is 7.79. The van der Waals surface area contributed by atoms with Gasteiger partial charge >= 0.3 is 6.18 Å². The minimum absolute atomic E-state index is 0.0170. The molecule has 0 saturated carbocycles. The summed E-state index contributed by atoms with van der Waals surface area (Å²) in [6.07, 6.45) is 0.282. The fourth-order valence-electron chi connectivity index (χ4n) is 3.73. The van der Waals surface area contributed by atoms with E-state index in [1.165, 1.54) is 4.90 Å². The van der Waals surface area contributed by atoms with Crippen LogP contribution in [0.25, 0.3) is 0 Å². The van der Waals surface area contributed by atoms with Crippen LogP contribution in [0, 0.1) is 0 Å². The second-order valence-electron chi connectivity index (χ2n) is 8.96. The zero-order valence-electron chi connectivity index (χ0n) is 18.8. The van der Waals surface area contributed by atoms with Crippen molar-refractivity contribution in [3.05, 3.63) is 75.1 Å². The van der Waals surface area contributed by atoms with Crippen LogP contribution in [0.4, 0.5) is 13.2 Å². The normalized spacial score (nSPS) is 16.7. The van der Waals surface area contributed by atoms with Crippen molar-refractivity contribution in [2.75, 3.05) is 6.67 Å². The van der Waals surface area contributed by atoms with E-state index >= 15 is 0 Å². The highest BCUT2D eigenvalue weighted by Crippen LogP contribution is 2.37. The van der Waals surface area contributed by atoms with Crippen LogP contribution < -0.4 is 0 Å². The molecule has 178 valence electrons. The summed E-state index contributed by atoms with van der Waals surface area (Å²) in [6.45, 7) is 6.94. The maximum Gasteiger partial charge on any atom is 0.431 e. The van der Waals surface area contributed by atoms with Crippen molar-refractivity contribution < 1.29 is 17.9 Å². The molecule has 0 saturated heterocycles. The number of halogens is 5. The van der Waals surface area contributed by atoms with Crippen LogP contribution >= 0.6 is 27.5 Å². The Hall–Kier alpha value is -2.06. The number of alkyl halides is 3. The molecule has 2 heterocycles. The zero-order chi connectivity index (χ0) is 24.4. The molecular formula is C24H26BrClF3N3O. The molecule has 1 aliphatic rings. The predicted octanol–water partition coefficient (Wildman–Crippen LogP) is 7.15. The van der Waals surface area contributed by atoms with E-state index in [0.717, 1.165) is 21.7 Å². The molecule has 2 unspecified atom stereocenters. The molecule has 0 fully saturated rings. The smallest absolute Gasteiger partial charge is 0.431 e. The van der Waals surface area contributed by atoms with E-state index in [4.69, 9.17) is 16.3 Å². The second-order valence-corrected chi connectivity index (χ2v) is 10.3. The summed E-state index contributed by atoms with van der Waals surface area (Å²) >= 11 is 9.44. The van der Waals surface area contributed by atoms with Crippen molar-refractivity contribution in [2.24, 2.45) is 4.99 Å². The predicted molar refractivity (Wildman–Crippen MR) is 128 cm³/mol. The van der Waals surface area contributed by atoms with Crippen LogP contribution in [0.3, 0.4) is 0 Å². The molecule has 1 aromatic heterocycles. The SMILES string of the molecule is CC(C(Cc1ccc(Cl)cc1)c1cncc(Br)c1)N1CN=C(OC(C)(C)C)C=C1C(F)(F)F. The summed E-state index contributed by atoms with van der Waals surface area (Å²) in [7, 11) is 0. The van der Waals surface area contributed by atoms with Crippen molar-refractivity contribution in [1.82, 2.24) is 9.88 Å². The monoisotopic (exact) mass is 543 g/mol. The molecule has 1 aromatic carbocycles. The van der Waals surface area contributed by atoms with Gasteiger partial charge in [0.15, 0.2) is 0 Å². The number of hydrogen-bond donors (Lipinski definition) is 0. The Bertz CT molecular complexity index is 1030. The molecule has 2 atom stereocenters. The van der Waals surface area contributed by atoms with E-state index in [0.29, 0.717) is 11.4 Å². The van der Waals surface area contributed by atoms with E-state index in [-0.39, 0.29) is 18.5 Å². The van der Waals surface area contributed by atoms with Crippen LogP contribution in [0.2, 0.25) is 5.02 Å². The third-order valence-corrected chi connectivity index (χ3v) is 5.93. The van der Waals surface area contributed by atoms with Crippen molar-refractivity contribution in [2.45, 2.75) is 57.9 Å². The topological polar surface area (TPSA) is 37.7 Å². The minimum Gasteiger partial charge on any atom is -0.472 e. The third-order valence-electron chi connectivity index (χ3n) is 5.25. The highest BCUT2D eigenvalue weighted by molar-refractivity contribution is 9.10. The number of hydrogen-bond acceptors (Lipinski definition) is 4. The van der Waals surface area contributed by atoms with E-state index in [9.17, 15) is 13.2 Å². The van der Waals surface area contributed by atoms with Gasteiger partial charge in [-0.2, -0.15) is 13.2 Å². The van der Waals surface area contributed by atoms with Gasteiger partial charge in [-0.3, -0.25) is 4.98 Å². The van der Waals surface area contributed by atoms with Gasteiger partial charge in [-0.1, -0.05) is 23.7 Å². The fraction of sp³-hybridized carbons (Fsp3) is 0.417. The van der Waals surface area contributed by atoms with Gasteiger partial charge in [-0.25, -0.2) is 4.99 Å². The first kappa shape index (κ1) is 25.6. The molecule has 9 heteroatoms. The highest BCUT2D eigenvalue weighted by atomic mass is 79.9. The van der Waals surface area contributed by atoms with Crippen LogP contribution in [0.1, 0.15) is 44.7 Å². The number of rotatable bonds is 5. The molecule has 0 amide bonds. The lowest BCUT2D eigenvalue weighted by Gasteiger charge is -2.39. The molecule has 0 N–H and O–H groups in total. The zero-order valence-corrected chi connectivity index (χ0v) is 21.2. The largest absolute Gasteiger partial charge is 0.472 e. The average molecular weight is 545 g/mol. The van der Waals surface area contributed by atoms with Gasteiger partial charge in [0, 0.05) is 39.9 Å². The quantitative estimate of drug-likeness (QED) is 0.401. The van der Waals surface area contributed by atoms with Crippen LogP contribution in [0.5, 0.6) is 0 Å². The molecule has 0 radical (unpaired) electrons. The fourth-order valence-corrected chi connectivity index (χ4v) is 4.23. The van der Waals surface area contributed by atoms with Crippen molar-refractivity contribution in [3.8, 4) is 0 Å². The average Bonchev–Trinajstić information content (AvgIpc) is 2.71. The number of allylic oxidation sites excluding steroid dienone is 1. The summed E-state index contributed by atoms with van der Waals surface area (Å²) in [6, 6.07) is 8.68. The number of ether oxygens (including phenoxy) is 1. The highest BCUT2D eigenvalue weighted by Gasteiger charge is 2.43. The number of aliphatic imine (C=N–C) groups is 1. The van der Waals surface area contributed by atoms with E-state index < -0.39 is 23.5 Å². The van der Waals surface area contributed by atoms with Gasteiger partial charge in [-0.05, 0) is 79.4 Å². The molecule has 2 aromatic rings. The first-order valence-electron chi connectivity index (χ1n) is 10.5. The van der Waals surface area contributed by atoms with E-state index in [1.54, 1.807) is 52.2 Å². The molecule has 0 aliphatic carbocycles. The number of pyridine rings is 1. The van der Waals surface area contributed by atoms with E-state index in [2.05, 4.69) is 25.9 Å². The number of aromatic nitrogens is 1.